The van der Waals surface area contributed by atoms with E-state index in [1.54, 1.807) is 0 Å². The number of amides is 1. The summed E-state index contributed by atoms with van der Waals surface area (Å²) in [5.41, 5.74) is 1.82. The van der Waals surface area contributed by atoms with E-state index >= 15 is 0 Å². The van der Waals surface area contributed by atoms with Crippen LogP contribution < -0.4 is 0 Å². The van der Waals surface area contributed by atoms with Crippen LogP contribution in [0.4, 0.5) is 0 Å². The standard InChI is InChI=1S/C19H24N2O3/c1-3-23-17-12-21(15-9-6-10-24-18(15)17)19(22)16-11-13-7-4-5-8-14(13)20(16)2/h4-5,7-8,11,15,17-18H,3,6,9-10,12H2,1-2H3/t15-,17+,18+/m1/s1. The molecule has 2 aromatic rings. The normalized spacial score (nSPS) is 26.8. The minimum Gasteiger partial charge on any atom is -0.374 e. The van der Waals surface area contributed by atoms with Crippen LogP contribution in [0.2, 0.25) is 0 Å². The zero-order valence-corrected chi connectivity index (χ0v) is 14.3. The van der Waals surface area contributed by atoms with Crippen molar-refractivity contribution in [1.82, 2.24) is 9.47 Å². The average Bonchev–Trinajstić information content (AvgIpc) is 3.14. The third-order valence-corrected chi connectivity index (χ3v) is 5.29. The summed E-state index contributed by atoms with van der Waals surface area (Å²) in [7, 11) is 1.96. The van der Waals surface area contributed by atoms with E-state index in [1.165, 1.54) is 0 Å². The van der Waals surface area contributed by atoms with E-state index in [0.29, 0.717) is 13.2 Å². The summed E-state index contributed by atoms with van der Waals surface area (Å²) < 4.78 is 13.8. The van der Waals surface area contributed by atoms with E-state index in [-0.39, 0.29) is 24.2 Å². The van der Waals surface area contributed by atoms with Gasteiger partial charge in [-0.1, -0.05) is 18.2 Å². The van der Waals surface area contributed by atoms with Crippen LogP contribution in [0.1, 0.15) is 30.3 Å². The molecule has 2 saturated heterocycles. The van der Waals surface area contributed by atoms with Gasteiger partial charge < -0.3 is 18.9 Å². The number of carbonyl (C=O) groups excluding carboxylic acids is 1. The van der Waals surface area contributed by atoms with Gasteiger partial charge >= 0.3 is 0 Å². The Morgan fingerprint density at radius 3 is 3.00 bits per heavy atom. The van der Waals surface area contributed by atoms with Crippen molar-refractivity contribution in [3.63, 3.8) is 0 Å². The molecule has 5 nitrogen and oxygen atoms in total. The van der Waals surface area contributed by atoms with E-state index in [4.69, 9.17) is 9.47 Å². The highest BCUT2D eigenvalue weighted by atomic mass is 16.5. The number of benzene rings is 1. The summed E-state index contributed by atoms with van der Waals surface area (Å²) >= 11 is 0. The summed E-state index contributed by atoms with van der Waals surface area (Å²) in [6.45, 7) is 4.02. The lowest BCUT2D eigenvalue weighted by molar-refractivity contribution is -0.0738. The average molecular weight is 328 g/mol. The van der Waals surface area contributed by atoms with Crippen molar-refractivity contribution in [2.45, 2.75) is 38.0 Å². The fourth-order valence-electron chi connectivity index (χ4n) is 4.15. The first-order valence-corrected chi connectivity index (χ1v) is 8.79. The van der Waals surface area contributed by atoms with Crippen LogP contribution in [0.3, 0.4) is 0 Å². The van der Waals surface area contributed by atoms with Gasteiger partial charge in [-0.3, -0.25) is 4.79 Å². The van der Waals surface area contributed by atoms with Crippen molar-refractivity contribution in [3.05, 3.63) is 36.0 Å². The first-order valence-electron chi connectivity index (χ1n) is 8.79. The molecule has 0 spiro atoms. The van der Waals surface area contributed by atoms with Gasteiger partial charge in [0.15, 0.2) is 0 Å². The number of fused-ring (bicyclic) bond motifs is 2. The molecule has 2 fully saturated rings. The molecule has 1 aromatic carbocycles. The Morgan fingerprint density at radius 2 is 2.21 bits per heavy atom. The summed E-state index contributed by atoms with van der Waals surface area (Å²) in [6.07, 6.45) is 1.99. The maximum atomic E-state index is 13.2. The molecule has 3 heterocycles. The van der Waals surface area contributed by atoms with Crippen molar-refractivity contribution >= 4 is 16.8 Å². The van der Waals surface area contributed by atoms with Crippen LogP contribution in [0, 0.1) is 0 Å². The molecule has 0 N–H and O–H groups in total. The van der Waals surface area contributed by atoms with Gasteiger partial charge in [-0.15, -0.1) is 0 Å². The molecule has 24 heavy (non-hydrogen) atoms. The summed E-state index contributed by atoms with van der Waals surface area (Å²) in [5, 5.41) is 1.10. The lowest BCUT2D eigenvalue weighted by Gasteiger charge is -2.32. The van der Waals surface area contributed by atoms with Crippen molar-refractivity contribution in [1.29, 1.82) is 0 Å². The Balaban J connectivity index is 1.66. The molecule has 0 aliphatic carbocycles. The van der Waals surface area contributed by atoms with E-state index < -0.39 is 0 Å². The van der Waals surface area contributed by atoms with E-state index in [1.807, 2.05) is 53.8 Å². The van der Waals surface area contributed by atoms with Crippen LogP contribution >= 0.6 is 0 Å². The zero-order chi connectivity index (χ0) is 16.7. The lowest BCUT2D eigenvalue weighted by Crippen LogP contribution is -2.44. The summed E-state index contributed by atoms with van der Waals surface area (Å²) in [4.78, 5) is 15.2. The van der Waals surface area contributed by atoms with Gasteiger partial charge in [0.1, 0.15) is 17.9 Å². The van der Waals surface area contributed by atoms with Crippen molar-refractivity contribution in [2.24, 2.45) is 7.05 Å². The van der Waals surface area contributed by atoms with Crippen LogP contribution in [0.25, 0.3) is 10.9 Å². The summed E-state index contributed by atoms with van der Waals surface area (Å²) in [6, 6.07) is 10.2. The van der Waals surface area contributed by atoms with Gasteiger partial charge in [0.05, 0.1) is 12.6 Å². The van der Waals surface area contributed by atoms with Crippen LogP contribution in [-0.4, -0.2) is 53.4 Å². The van der Waals surface area contributed by atoms with Crippen molar-refractivity contribution in [3.8, 4) is 0 Å². The van der Waals surface area contributed by atoms with Gasteiger partial charge in [0.2, 0.25) is 0 Å². The molecule has 128 valence electrons. The molecule has 1 aromatic heterocycles. The van der Waals surface area contributed by atoms with Crippen molar-refractivity contribution in [2.75, 3.05) is 19.8 Å². The predicted octanol–water partition coefficient (Wildman–Crippen LogP) is 2.59. The molecule has 1 amide bonds. The summed E-state index contributed by atoms with van der Waals surface area (Å²) in [5.74, 6) is 0.0800. The quantitative estimate of drug-likeness (QED) is 0.870. The predicted molar refractivity (Wildman–Crippen MR) is 92.1 cm³/mol. The second kappa shape index (κ2) is 6.22. The lowest BCUT2D eigenvalue weighted by atomic mass is 10.0. The zero-order valence-electron chi connectivity index (χ0n) is 14.3. The number of para-hydroxylation sites is 1. The molecule has 0 radical (unpaired) electrons. The van der Waals surface area contributed by atoms with Crippen LogP contribution in [0.15, 0.2) is 30.3 Å². The van der Waals surface area contributed by atoms with Crippen LogP contribution in [0.5, 0.6) is 0 Å². The fraction of sp³-hybridized carbons (Fsp3) is 0.526. The minimum atomic E-state index is -0.0149. The first-order chi connectivity index (χ1) is 11.7. The number of aryl methyl sites for hydroxylation is 1. The highest BCUT2D eigenvalue weighted by molar-refractivity contribution is 5.99. The number of hydrogen-bond acceptors (Lipinski definition) is 3. The molecular formula is C19H24N2O3. The molecule has 0 saturated carbocycles. The molecule has 0 bridgehead atoms. The third-order valence-electron chi connectivity index (χ3n) is 5.29. The number of carbonyl (C=O) groups is 1. The van der Waals surface area contributed by atoms with Gasteiger partial charge in [-0.2, -0.15) is 0 Å². The Bertz CT molecular complexity index is 754. The topological polar surface area (TPSA) is 43.7 Å². The molecule has 3 atom stereocenters. The number of aromatic nitrogens is 1. The molecule has 4 rings (SSSR count). The SMILES string of the molecule is CCO[C@H]1CN(C(=O)c2cc3ccccc3n2C)[C@@H]2CCCO[C@H]12. The van der Waals surface area contributed by atoms with E-state index in [9.17, 15) is 4.79 Å². The number of hydrogen-bond donors (Lipinski definition) is 0. The minimum absolute atomic E-state index is 0.0114. The number of nitrogens with zero attached hydrogens (tertiary/aromatic N) is 2. The molecule has 2 aliphatic rings. The van der Waals surface area contributed by atoms with Gasteiger partial charge in [0, 0.05) is 31.2 Å². The highest BCUT2D eigenvalue weighted by Gasteiger charge is 2.47. The second-order valence-corrected chi connectivity index (χ2v) is 6.64. The number of likely N-dealkylation sites (tertiary alicyclic amines) is 1. The molecule has 2 aliphatic heterocycles. The third kappa shape index (κ3) is 2.43. The Kier molecular flexibility index (Phi) is 4.06. The Morgan fingerprint density at radius 1 is 1.38 bits per heavy atom. The molecular weight excluding hydrogens is 304 g/mol. The van der Waals surface area contributed by atoms with Gasteiger partial charge in [-0.05, 0) is 31.9 Å². The van der Waals surface area contributed by atoms with E-state index in [0.717, 1.165) is 36.0 Å². The Labute approximate surface area is 142 Å². The van der Waals surface area contributed by atoms with Gasteiger partial charge in [0.25, 0.3) is 5.91 Å². The number of rotatable bonds is 3. The first kappa shape index (κ1) is 15.7. The largest absolute Gasteiger partial charge is 0.374 e. The maximum absolute atomic E-state index is 13.2. The fourth-order valence-corrected chi connectivity index (χ4v) is 4.15. The Hall–Kier alpha value is -1.85. The maximum Gasteiger partial charge on any atom is 0.270 e. The molecule has 0 unspecified atom stereocenters. The number of ether oxygens (including phenoxy) is 2. The highest BCUT2D eigenvalue weighted by Crippen LogP contribution is 2.32. The smallest absolute Gasteiger partial charge is 0.270 e. The van der Waals surface area contributed by atoms with Crippen LogP contribution in [-0.2, 0) is 16.5 Å². The second-order valence-electron chi connectivity index (χ2n) is 6.64. The van der Waals surface area contributed by atoms with Gasteiger partial charge in [-0.25, -0.2) is 0 Å². The van der Waals surface area contributed by atoms with Crippen molar-refractivity contribution < 1.29 is 14.3 Å². The monoisotopic (exact) mass is 328 g/mol. The van der Waals surface area contributed by atoms with E-state index in [2.05, 4.69) is 0 Å². The molecule has 5 heteroatoms.